The van der Waals surface area contributed by atoms with Crippen molar-refractivity contribution in [1.82, 2.24) is 4.90 Å². The van der Waals surface area contributed by atoms with E-state index in [4.69, 9.17) is 0 Å². The first-order valence-electron chi connectivity index (χ1n) is 8.75. The molecule has 0 saturated carbocycles. The maximum Gasteiger partial charge on any atom is 0.261 e. The summed E-state index contributed by atoms with van der Waals surface area (Å²) >= 11 is 0. The number of hydrogen-bond donors (Lipinski definition) is 0. The van der Waals surface area contributed by atoms with Gasteiger partial charge in [0.05, 0.1) is 17.7 Å². The molecule has 0 atom stereocenters. The van der Waals surface area contributed by atoms with Crippen molar-refractivity contribution >= 4 is 17.6 Å². The molecule has 0 fully saturated rings. The van der Waals surface area contributed by atoms with Crippen LogP contribution in [0.4, 0.5) is 0 Å². The Morgan fingerprint density at radius 3 is 1.81 bits per heavy atom. The third-order valence-electron chi connectivity index (χ3n) is 4.70. The number of hydrogen-bond acceptors (Lipinski definition) is 3. The van der Waals surface area contributed by atoms with Crippen molar-refractivity contribution in [3.05, 3.63) is 107 Å². The van der Waals surface area contributed by atoms with Gasteiger partial charge in [-0.25, -0.2) is 0 Å². The number of benzene rings is 3. The SMILES string of the molecule is O=C(Cc1ccccc1)c1ccc(CN2C(=O)c3ccccc3C2=O)cc1. The highest BCUT2D eigenvalue weighted by Gasteiger charge is 2.34. The second kappa shape index (κ2) is 7.00. The van der Waals surface area contributed by atoms with Crippen LogP contribution >= 0.6 is 0 Å². The van der Waals surface area contributed by atoms with Crippen molar-refractivity contribution in [2.24, 2.45) is 0 Å². The van der Waals surface area contributed by atoms with Crippen LogP contribution in [0.1, 0.15) is 42.2 Å². The Bertz CT molecular complexity index is 988. The smallest absolute Gasteiger partial charge is 0.261 e. The molecular weight excluding hydrogens is 338 g/mol. The van der Waals surface area contributed by atoms with Crippen LogP contribution < -0.4 is 0 Å². The van der Waals surface area contributed by atoms with Gasteiger partial charge >= 0.3 is 0 Å². The van der Waals surface area contributed by atoms with Gasteiger partial charge in [0.2, 0.25) is 0 Å². The van der Waals surface area contributed by atoms with E-state index in [9.17, 15) is 14.4 Å². The molecule has 3 aromatic rings. The van der Waals surface area contributed by atoms with Crippen LogP contribution in [0.5, 0.6) is 0 Å². The van der Waals surface area contributed by atoms with Crippen molar-refractivity contribution in [1.29, 1.82) is 0 Å². The Balaban J connectivity index is 1.47. The zero-order chi connectivity index (χ0) is 18.8. The summed E-state index contributed by atoms with van der Waals surface area (Å²) in [6.45, 7) is 0.194. The molecule has 4 heteroatoms. The highest BCUT2D eigenvalue weighted by Crippen LogP contribution is 2.24. The molecular formula is C23H17NO3. The van der Waals surface area contributed by atoms with Gasteiger partial charge in [0.1, 0.15) is 0 Å². The van der Waals surface area contributed by atoms with E-state index in [1.54, 1.807) is 48.5 Å². The number of amides is 2. The van der Waals surface area contributed by atoms with Gasteiger partial charge in [-0.15, -0.1) is 0 Å². The highest BCUT2D eigenvalue weighted by atomic mass is 16.2. The molecule has 0 bridgehead atoms. The number of nitrogens with zero attached hydrogens (tertiary/aromatic N) is 1. The van der Waals surface area contributed by atoms with Gasteiger partial charge in [-0.1, -0.05) is 66.7 Å². The van der Waals surface area contributed by atoms with Gasteiger partial charge in [0.15, 0.2) is 5.78 Å². The molecule has 2 amide bonds. The van der Waals surface area contributed by atoms with Gasteiger partial charge in [-0.2, -0.15) is 0 Å². The number of Topliss-reactive ketones (excluding diaryl/α,β-unsaturated/α-hetero) is 1. The molecule has 4 rings (SSSR count). The highest BCUT2D eigenvalue weighted by molar-refractivity contribution is 6.21. The zero-order valence-corrected chi connectivity index (χ0v) is 14.6. The fourth-order valence-corrected chi connectivity index (χ4v) is 3.24. The molecule has 0 aromatic heterocycles. The summed E-state index contributed by atoms with van der Waals surface area (Å²) in [5.41, 5.74) is 3.28. The number of fused-ring (bicyclic) bond motifs is 1. The molecule has 4 nitrogen and oxygen atoms in total. The molecule has 0 radical (unpaired) electrons. The quantitative estimate of drug-likeness (QED) is 0.515. The molecule has 27 heavy (non-hydrogen) atoms. The lowest BCUT2D eigenvalue weighted by Gasteiger charge is -2.14. The normalized spacial score (nSPS) is 13.0. The van der Waals surface area contributed by atoms with E-state index in [1.807, 2.05) is 30.3 Å². The van der Waals surface area contributed by atoms with Crippen LogP contribution in [0, 0.1) is 0 Å². The van der Waals surface area contributed by atoms with Crippen molar-refractivity contribution in [2.75, 3.05) is 0 Å². The van der Waals surface area contributed by atoms with Crippen LogP contribution in [0.15, 0.2) is 78.9 Å². The lowest BCUT2D eigenvalue weighted by molar-refractivity contribution is 0.0642. The molecule has 0 N–H and O–H groups in total. The summed E-state index contributed by atoms with van der Waals surface area (Å²) in [6.07, 6.45) is 0.346. The van der Waals surface area contributed by atoms with Crippen molar-refractivity contribution < 1.29 is 14.4 Å². The molecule has 0 unspecified atom stereocenters. The van der Waals surface area contributed by atoms with E-state index in [1.165, 1.54) is 4.90 Å². The van der Waals surface area contributed by atoms with E-state index in [-0.39, 0.29) is 24.1 Å². The van der Waals surface area contributed by atoms with E-state index < -0.39 is 0 Å². The standard InChI is InChI=1S/C23H17NO3/c25-21(14-16-6-2-1-3-7-16)18-12-10-17(11-13-18)15-24-22(26)19-8-4-5-9-20(19)23(24)27/h1-13H,14-15H2. The van der Waals surface area contributed by atoms with E-state index in [0.29, 0.717) is 23.1 Å². The molecule has 3 aromatic carbocycles. The largest absolute Gasteiger partial charge is 0.294 e. The average Bonchev–Trinajstić information content (AvgIpc) is 2.94. The van der Waals surface area contributed by atoms with E-state index in [0.717, 1.165) is 11.1 Å². The number of imide groups is 1. The second-order valence-corrected chi connectivity index (χ2v) is 6.52. The van der Waals surface area contributed by atoms with Crippen LogP contribution in [0.3, 0.4) is 0 Å². The monoisotopic (exact) mass is 355 g/mol. The number of rotatable bonds is 5. The summed E-state index contributed by atoms with van der Waals surface area (Å²) in [7, 11) is 0. The zero-order valence-electron chi connectivity index (χ0n) is 14.6. The minimum atomic E-state index is -0.278. The Labute approximate surface area is 157 Å². The summed E-state index contributed by atoms with van der Waals surface area (Å²) in [6, 6.07) is 23.5. The number of ketones is 1. The summed E-state index contributed by atoms with van der Waals surface area (Å²) in [5.74, 6) is -0.520. The fraction of sp³-hybridized carbons (Fsp3) is 0.0870. The second-order valence-electron chi connectivity index (χ2n) is 6.52. The van der Waals surface area contributed by atoms with Crippen molar-refractivity contribution in [2.45, 2.75) is 13.0 Å². The van der Waals surface area contributed by atoms with Crippen LogP contribution in [0.2, 0.25) is 0 Å². The predicted octanol–water partition coefficient (Wildman–Crippen LogP) is 3.91. The number of carbonyl (C=O) groups is 3. The molecule has 132 valence electrons. The molecule has 1 aliphatic rings. The maximum absolute atomic E-state index is 12.4. The molecule has 0 spiro atoms. The van der Waals surface area contributed by atoms with Gasteiger partial charge in [0, 0.05) is 12.0 Å². The lowest BCUT2D eigenvalue weighted by atomic mass is 10.0. The first-order chi connectivity index (χ1) is 13.1. The molecule has 1 aliphatic heterocycles. The van der Waals surface area contributed by atoms with Crippen LogP contribution in [0.25, 0.3) is 0 Å². The minimum absolute atomic E-state index is 0.0356. The van der Waals surface area contributed by atoms with Crippen molar-refractivity contribution in [3.8, 4) is 0 Å². The Kier molecular flexibility index (Phi) is 4.38. The topological polar surface area (TPSA) is 54.5 Å². The van der Waals surface area contributed by atoms with Crippen LogP contribution in [-0.4, -0.2) is 22.5 Å². The van der Waals surface area contributed by atoms with E-state index >= 15 is 0 Å². The Morgan fingerprint density at radius 1 is 0.667 bits per heavy atom. The lowest BCUT2D eigenvalue weighted by Crippen LogP contribution is -2.29. The summed E-state index contributed by atoms with van der Waals surface area (Å²) < 4.78 is 0. The van der Waals surface area contributed by atoms with Gasteiger partial charge in [0.25, 0.3) is 11.8 Å². The Hall–Kier alpha value is -3.53. The number of carbonyl (C=O) groups excluding carboxylic acids is 3. The third-order valence-corrected chi connectivity index (χ3v) is 4.70. The average molecular weight is 355 g/mol. The van der Waals surface area contributed by atoms with Crippen molar-refractivity contribution in [3.63, 3.8) is 0 Å². The first kappa shape index (κ1) is 16.9. The maximum atomic E-state index is 12.4. The van der Waals surface area contributed by atoms with Gasteiger partial charge in [-0.05, 0) is 23.3 Å². The minimum Gasteiger partial charge on any atom is -0.294 e. The van der Waals surface area contributed by atoms with Crippen LogP contribution in [-0.2, 0) is 13.0 Å². The van der Waals surface area contributed by atoms with Gasteiger partial charge < -0.3 is 0 Å². The fourth-order valence-electron chi connectivity index (χ4n) is 3.24. The molecule has 0 saturated heterocycles. The molecule has 0 aliphatic carbocycles. The third kappa shape index (κ3) is 3.29. The first-order valence-corrected chi connectivity index (χ1v) is 8.75. The summed E-state index contributed by atoms with van der Waals surface area (Å²) in [5, 5.41) is 0. The molecule has 1 heterocycles. The predicted molar refractivity (Wildman–Crippen MR) is 102 cm³/mol. The van der Waals surface area contributed by atoms with Gasteiger partial charge in [-0.3, -0.25) is 19.3 Å². The Morgan fingerprint density at radius 2 is 1.22 bits per heavy atom. The van der Waals surface area contributed by atoms with E-state index in [2.05, 4.69) is 0 Å². The summed E-state index contributed by atoms with van der Waals surface area (Å²) in [4.78, 5) is 38.5.